The summed E-state index contributed by atoms with van der Waals surface area (Å²) < 4.78 is 0. The van der Waals surface area contributed by atoms with Gasteiger partial charge in [0.05, 0.1) is 11.1 Å². The van der Waals surface area contributed by atoms with Gasteiger partial charge in [0.1, 0.15) is 15.7 Å². The van der Waals surface area contributed by atoms with E-state index in [0.717, 1.165) is 26.4 Å². The average molecular weight is 358 g/mol. The summed E-state index contributed by atoms with van der Waals surface area (Å²) >= 11 is 2.82. The maximum absolute atomic E-state index is 10.9. The molecule has 0 aliphatic heterocycles. The third kappa shape index (κ3) is 3.44. The minimum Gasteiger partial charge on any atom is -0.481 e. The van der Waals surface area contributed by atoms with Gasteiger partial charge in [-0.25, -0.2) is 9.97 Å². The van der Waals surface area contributed by atoms with Crippen LogP contribution in [-0.4, -0.2) is 26.8 Å². The van der Waals surface area contributed by atoms with Gasteiger partial charge in [-0.05, 0) is 24.0 Å². The lowest BCUT2D eigenvalue weighted by molar-refractivity contribution is -0.133. The largest absolute Gasteiger partial charge is 0.481 e. The van der Waals surface area contributed by atoms with E-state index in [1.807, 2.05) is 6.92 Å². The van der Waals surface area contributed by atoms with E-state index in [4.69, 9.17) is 5.11 Å². The lowest BCUT2D eigenvalue weighted by Crippen LogP contribution is -1.99. The average Bonchev–Trinajstić information content (AvgIpc) is 2.96. The van der Waals surface area contributed by atoms with Gasteiger partial charge in [0.15, 0.2) is 0 Å². The minimum atomic E-state index is -0.845. The van der Waals surface area contributed by atoms with Crippen LogP contribution in [0.5, 0.6) is 0 Å². The summed E-state index contributed by atoms with van der Waals surface area (Å²) in [6, 6.07) is 8.51. The number of rotatable bonds is 5. The van der Waals surface area contributed by atoms with Crippen molar-refractivity contribution in [1.82, 2.24) is 9.97 Å². The van der Waals surface area contributed by atoms with E-state index < -0.39 is 5.97 Å². The summed E-state index contributed by atoms with van der Waals surface area (Å²) in [6.45, 7) is 6.18. The first-order chi connectivity index (χ1) is 11.5. The molecule has 1 N–H and O–H groups in total. The third-order valence-electron chi connectivity index (χ3n) is 3.73. The predicted molar refractivity (Wildman–Crippen MR) is 100 cm³/mol. The SMILES string of the molecule is Cc1nc(SCC(=O)O)c2c(-c3ccc(C(C)C)cc3)csc2n1. The van der Waals surface area contributed by atoms with Crippen molar-refractivity contribution in [2.75, 3.05) is 5.75 Å². The molecule has 6 heteroatoms. The number of carboxylic acid groups (broad SMARTS) is 1. The highest BCUT2D eigenvalue weighted by atomic mass is 32.2. The molecule has 0 aliphatic carbocycles. The first kappa shape index (κ1) is 16.9. The second kappa shape index (κ2) is 6.91. The number of aryl methyl sites for hydroxylation is 1. The second-order valence-electron chi connectivity index (χ2n) is 5.86. The van der Waals surface area contributed by atoms with Crippen LogP contribution in [0.1, 0.15) is 31.2 Å². The van der Waals surface area contributed by atoms with Crippen LogP contribution in [0.25, 0.3) is 21.3 Å². The Bertz CT molecular complexity index is 886. The van der Waals surface area contributed by atoms with Gasteiger partial charge < -0.3 is 5.11 Å². The Balaban J connectivity index is 2.09. The highest BCUT2D eigenvalue weighted by molar-refractivity contribution is 8.00. The zero-order valence-electron chi connectivity index (χ0n) is 13.7. The Labute approximate surface area is 149 Å². The molecule has 24 heavy (non-hydrogen) atoms. The normalized spacial score (nSPS) is 11.3. The van der Waals surface area contributed by atoms with Crippen molar-refractivity contribution in [3.8, 4) is 11.1 Å². The second-order valence-corrected chi connectivity index (χ2v) is 7.69. The van der Waals surface area contributed by atoms with Crippen molar-refractivity contribution >= 4 is 39.3 Å². The van der Waals surface area contributed by atoms with E-state index in [2.05, 4.69) is 53.5 Å². The molecule has 3 rings (SSSR count). The number of hydrogen-bond donors (Lipinski definition) is 1. The monoisotopic (exact) mass is 358 g/mol. The Morgan fingerprint density at radius 3 is 2.58 bits per heavy atom. The fraction of sp³-hybridized carbons (Fsp3) is 0.278. The van der Waals surface area contributed by atoms with E-state index in [0.29, 0.717) is 11.7 Å². The fourth-order valence-corrected chi connectivity index (χ4v) is 4.37. The maximum Gasteiger partial charge on any atom is 0.313 e. The summed E-state index contributed by atoms with van der Waals surface area (Å²) in [6.07, 6.45) is 0. The first-order valence-electron chi connectivity index (χ1n) is 7.66. The van der Waals surface area contributed by atoms with Crippen molar-refractivity contribution in [3.63, 3.8) is 0 Å². The standard InChI is InChI=1S/C18H18N2O2S2/c1-10(2)12-4-6-13(7-5-12)14-8-23-17-16(14)18(20-11(3)19-17)24-9-15(21)22/h4-8,10H,9H2,1-3H3,(H,21,22). The summed E-state index contributed by atoms with van der Waals surface area (Å²) in [5.74, 6) is 0.306. The van der Waals surface area contributed by atoms with Crippen LogP contribution in [0.3, 0.4) is 0 Å². The molecule has 0 unspecified atom stereocenters. The molecule has 0 bridgehead atoms. The summed E-state index contributed by atoms with van der Waals surface area (Å²) in [7, 11) is 0. The predicted octanol–water partition coefficient (Wildman–Crippen LogP) is 4.97. The number of carbonyl (C=O) groups is 1. The lowest BCUT2D eigenvalue weighted by Gasteiger charge is -2.08. The van der Waals surface area contributed by atoms with Crippen molar-refractivity contribution < 1.29 is 9.90 Å². The molecule has 0 radical (unpaired) electrons. The number of aliphatic carboxylic acids is 1. The van der Waals surface area contributed by atoms with E-state index in [1.165, 1.54) is 17.3 Å². The van der Waals surface area contributed by atoms with E-state index in [9.17, 15) is 4.79 Å². The van der Waals surface area contributed by atoms with Gasteiger partial charge in [0, 0.05) is 10.9 Å². The number of fused-ring (bicyclic) bond motifs is 1. The van der Waals surface area contributed by atoms with Crippen LogP contribution in [0, 0.1) is 6.92 Å². The Kier molecular flexibility index (Phi) is 4.87. The Morgan fingerprint density at radius 2 is 1.96 bits per heavy atom. The molecule has 3 aromatic rings. The number of thiophene rings is 1. The molecule has 2 aromatic heterocycles. The molecule has 0 atom stereocenters. The molecular weight excluding hydrogens is 340 g/mol. The summed E-state index contributed by atoms with van der Waals surface area (Å²) in [4.78, 5) is 20.8. The van der Waals surface area contributed by atoms with Gasteiger partial charge in [0.2, 0.25) is 0 Å². The number of thioether (sulfide) groups is 1. The van der Waals surface area contributed by atoms with Crippen molar-refractivity contribution in [2.24, 2.45) is 0 Å². The minimum absolute atomic E-state index is 0.00682. The molecule has 0 saturated carbocycles. The number of hydrogen-bond acceptors (Lipinski definition) is 5. The molecular formula is C18H18N2O2S2. The van der Waals surface area contributed by atoms with E-state index >= 15 is 0 Å². The van der Waals surface area contributed by atoms with Crippen LogP contribution in [0.2, 0.25) is 0 Å². The zero-order valence-corrected chi connectivity index (χ0v) is 15.4. The van der Waals surface area contributed by atoms with Gasteiger partial charge in [-0.3, -0.25) is 4.79 Å². The third-order valence-corrected chi connectivity index (χ3v) is 5.57. The maximum atomic E-state index is 10.9. The van der Waals surface area contributed by atoms with Crippen LogP contribution in [0.15, 0.2) is 34.7 Å². The fourth-order valence-electron chi connectivity index (χ4n) is 2.51. The summed E-state index contributed by atoms with van der Waals surface area (Å²) in [5.41, 5.74) is 3.47. The van der Waals surface area contributed by atoms with Crippen LogP contribution in [-0.2, 0) is 4.79 Å². The quantitative estimate of drug-likeness (QED) is 0.515. The highest BCUT2D eigenvalue weighted by Gasteiger charge is 2.16. The molecule has 0 saturated heterocycles. The van der Waals surface area contributed by atoms with Gasteiger partial charge in [0.25, 0.3) is 0 Å². The molecule has 4 nitrogen and oxygen atoms in total. The molecule has 0 aliphatic rings. The van der Waals surface area contributed by atoms with Crippen LogP contribution >= 0.6 is 23.1 Å². The molecule has 0 amide bonds. The van der Waals surface area contributed by atoms with Crippen LogP contribution < -0.4 is 0 Å². The van der Waals surface area contributed by atoms with Gasteiger partial charge in [-0.15, -0.1) is 11.3 Å². The zero-order chi connectivity index (χ0) is 17.3. The molecule has 0 fully saturated rings. The first-order valence-corrected chi connectivity index (χ1v) is 9.53. The molecule has 0 spiro atoms. The summed E-state index contributed by atoms with van der Waals surface area (Å²) in [5, 5.41) is 12.7. The Hall–Kier alpha value is -1.92. The van der Waals surface area contributed by atoms with E-state index in [1.54, 1.807) is 11.3 Å². The highest BCUT2D eigenvalue weighted by Crippen LogP contribution is 2.38. The van der Waals surface area contributed by atoms with Gasteiger partial charge in [-0.2, -0.15) is 0 Å². The van der Waals surface area contributed by atoms with Crippen molar-refractivity contribution in [3.05, 3.63) is 41.0 Å². The number of benzene rings is 1. The molecule has 2 heterocycles. The lowest BCUT2D eigenvalue weighted by atomic mass is 9.99. The smallest absolute Gasteiger partial charge is 0.313 e. The Morgan fingerprint density at radius 1 is 1.25 bits per heavy atom. The molecule has 1 aromatic carbocycles. The van der Waals surface area contributed by atoms with Gasteiger partial charge in [-0.1, -0.05) is 49.9 Å². The molecule has 124 valence electrons. The van der Waals surface area contributed by atoms with Gasteiger partial charge >= 0.3 is 5.97 Å². The van der Waals surface area contributed by atoms with Crippen molar-refractivity contribution in [2.45, 2.75) is 31.7 Å². The number of aromatic nitrogens is 2. The van der Waals surface area contributed by atoms with Crippen LogP contribution in [0.4, 0.5) is 0 Å². The van der Waals surface area contributed by atoms with Crippen molar-refractivity contribution in [1.29, 1.82) is 0 Å². The number of nitrogens with zero attached hydrogens (tertiary/aromatic N) is 2. The topological polar surface area (TPSA) is 63.1 Å². The number of carboxylic acids is 1. The van der Waals surface area contributed by atoms with E-state index in [-0.39, 0.29) is 5.75 Å².